The zero-order valence-corrected chi connectivity index (χ0v) is 15.4. The second-order valence-electron chi connectivity index (χ2n) is 6.55. The first-order valence-electron chi connectivity index (χ1n) is 8.89. The average molecular weight is 387 g/mol. The number of aromatic nitrogens is 1. The predicted octanol–water partition coefficient (Wildman–Crippen LogP) is 3.71. The van der Waals surface area contributed by atoms with Gasteiger partial charge in [-0.25, -0.2) is 4.79 Å². The van der Waals surface area contributed by atoms with Crippen LogP contribution >= 0.6 is 11.6 Å². The summed E-state index contributed by atoms with van der Waals surface area (Å²) in [6.07, 6.45) is 4.63. The Hall–Kier alpha value is -2.64. The summed E-state index contributed by atoms with van der Waals surface area (Å²) in [6.45, 7) is 1.19. The standard InChI is InChI=1S/C19H19ClN4O3/c20-15-11-13(22-18(25)16-6-1-3-9-21-16)7-8-17(15)24-19(26)23-10-4-2-5-14(23)12-27-24/h1,3,6-9,11,14H,2,4-5,10,12H2,(H,22,25). The Morgan fingerprint density at radius 2 is 2.15 bits per heavy atom. The van der Waals surface area contributed by atoms with Gasteiger partial charge in [0.15, 0.2) is 0 Å². The first-order valence-corrected chi connectivity index (χ1v) is 9.27. The van der Waals surface area contributed by atoms with Crippen LogP contribution in [0.3, 0.4) is 0 Å². The van der Waals surface area contributed by atoms with Crippen LogP contribution in [0.4, 0.5) is 16.2 Å². The van der Waals surface area contributed by atoms with Crippen molar-refractivity contribution in [2.24, 2.45) is 0 Å². The Kier molecular flexibility index (Phi) is 4.96. The number of halogens is 1. The van der Waals surface area contributed by atoms with Crippen molar-refractivity contribution in [1.29, 1.82) is 0 Å². The maximum Gasteiger partial charge on any atom is 0.349 e. The van der Waals surface area contributed by atoms with E-state index in [2.05, 4.69) is 10.3 Å². The van der Waals surface area contributed by atoms with Crippen LogP contribution in [0.1, 0.15) is 29.8 Å². The minimum Gasteiger partial charge on any atom is -0.321 e. The number of urea groups is 1. The van der Waals surface area contributed by atoms with Gasteiger partial charge in [-0.1, -0.05) is 17.7 Å². The van der Waals surface area contributed by atoms with Crippen molar-refractivity contribution < 1.29 is 14.4 Å². The second-order valence-corrected chi connectivity index (χ2v) is 6.96. The van der Waals surface area contributed by atoms with Gasteiger partial charge in [0.05, 0.1) is 23.4 Å². The fraction of sp³-hybridized carbons (Fsp3) is 0.316. The Morgan fingerprint density at radius 3 is 2.93 bits per heavy atom. The number of fused-ring (bicyclic) bond motifs is 1. The average Bonchev–Trinajstić information content (AvgIpc) is 2.70. The summed E-state index contributed by atoms with van der Waals surface area (Å²) in [4.78, 5) is 36.5. The Morgan fingerprint density at radius 1 is 1.26 bits per heavy atom. The number of rotatable bonds is 3. The fourth-order valence-corrected chi connectivity index (χ4v) is 3.63. The fourth-order valence-electron chi connectivity index (χ4n) is 3.37. The molecule has 2 aromatic rings. The van der Waals surface area contributed by atoms with Crippen LogP contribution in [-0.2, 0) is 4.84 Å². The normalized spacial score (nSPS) is 19.6. The smallest absolute Gasteiger partial charge is 0.321 e. The molecule has 0 bridgehead atoms. The van der Waals surface area contributed by atoms with E-state index in [1.54, 1.807) is 42.6 Å². The van der Waals surface area contributed by atoms with E-state index in [1.807, 2.05) is 4.90 Å². The molecule has 2 aliphatic rings. The van der Waals surface area contributed by atoms with E-state index in [0.29, 0.717) is 28.7 Å². The molecule has 3 heterocycles. The van der Waals surface area contributed by atoms with Gasteiger partial charge in [0.2, 0.25) is 0 Å². The van der Waals surface area contributed by atoms with Crippen LogP contribution in [0.25, 0.3) is 0 Å². The lowest BCUT2D eigenvalue weighted by molar-refractivity contribution is 0.00538. The number of amides is 3. The molecule has 0 aliphatic carbocycles. The monoisotopic (exact) mass is 386 g/mol. The van der Waals surface area contributed by atoms with Crippen molar-refractivity contribution in [2.75, 3.05) is 23.5 Å². The first kappa shape index (κ1) is 17.8. The maximum atomic E-state index is 12.8. The number of nitrogens with zero attached hydrogens (tertiary/aromatic N) is 3. The van der Waals surface area contributed by atoms with Crippen molar-refractivity contribution >= 4 is 34.9 Å². The van der Waals surface area contributed by atoms with Gasteiger partial charge >= 0.3 is 6.03 Å². The zero-order chi connectivity index (χ0) is 18.8. The molecule has 2 fully saturated rings. The third-order valence-electron chi connectivity index (χ3n) is 4.76. The number of piperidine rings is 1. The number of hydrogen-bond acceptors (Lipinski definition) is 4. The van der Waals surface area contributed by atoms with E-state index in [4.69, 9.17) is 16.4 Å². The molecule has 140 valence electrons. The van der Waals surface area contributed by atoms with Gasteiger partial charge in [0.25, 0.3) is 5.91 Å². The number of hydrogen-bond donors (Lipinski definition) is 1. The number of carbonyl (C=O) groups is 2. The molecule has 2 saturated heterocycles. The van der Waals surface area contributed by atoms with Crippen LogP contribution in [0.15, 0.2) is 42.6 Å². The quantitative estimate of drug-likeness (QED) is 0.872. The van der Waals surface area contributed by atoms with Crippen molar-refractivity contribution in [3.63, 3.8) is 0 Å². The molecule has 0 radical (unpaired) electrons. The highest BCUT2D eigenvalue weighted by atomic mass is 35.5. The van der Waals surface area contributed by atoms with Crippen molar-refractivity contribution in [2.45, 2.75) is 25.3 Å². The van der Waals surface area contributed by atoms with Gasteiger partial charge in [-0.05, 0) is 49.6 Å². The summed E-state index contributed by atoms with van der Waals surface area (Å²) >= 11 is 6.37. The molecule has 1 aromatic heterocycles. The van der Waals surface area contributed by atoms with E-state index in [-0.39, 0.29) is 18.0 Å². The lowest BCUT2D eigenvalue weighted by atomic mass is 10.0. The molecule has 1 aromatic carbocycles. The summed E-state index contributed by atoms with van der Waals surface area (Å²) in [5.74, 6) is -0.333. The first-order chi connectivity index (χ1) is 13.1. The van der Waals surface area contributed by atoms with Crippen LogP contribution in [0.5, 0.6) is 0 Å². The highest BCUT2D eigenvalue weighted by molar-refractivity contribution is 6.34. The van der Waals surface area contributed by atoms with Gasteiger partial charge < -0.3 is 10.2 Å². The summed E-state index contributed by atoms with van der Waals surface area (Å²) in [5.41, 5.74) is 1.28. The van der Waals surface area contributed by atoms with E-state index >= 15 is 0 Å². The second kappa shape index (κ2) is 7.54. The van der Waals surface area contributed by atoms with Crippen LogP contribution < -0.4 is 10.4 Å². The number of hydroxylamine groups is 1. The van der Waals surface area contributed by atoms with Gasteiger partial charge in [-0.15, -0.1) is 0 Å². The number of pyridine rings is 1. The minimum atomic E-state index is -0.333. The number of nitrogens with one attached hydrogen (secondary N) is 1. The van der Waals surface area contributed by atoms with Gasteiger partial charge in [-0.3, -0.25) is 14.6 Å². The van der Waals surface area contributed by atoms with Crippen molar-refractivity contribution in [3.05, 3.63) is 53.3 Å². The minimum absolute atomic E-state index is 0.137. The molecule has 0 saturated carbocycles. The largest absolute Gasteiger partial charge is 0.349 e. The van der Waals surface area contributed by atoms with Gasteiger partial charge in [0.1, 0.15) is 5.69 Å². The number of anilines is 2. The number of carbonyl (C=O) groups excluding carboxylic acids is 2. The Bertz CT molecular complexity index is 861. The molecule has 27 heavy (non-hydrogen) atoms. The molecule has 3 amide bonds. The lowest BCUT2D eigenvalue weighted by Crippen LogP contribution is -2.57. The molecule has 7 nitrogen and oxygen atoms in total. The van der Waals surface area contributed by atoms with Crippen molar-refractivity contribution in [1.82, 2.24) is 9.88 Å². The molecule has 4 rings (SSSR count). The molecule has 0 spiro atoms. The zero-order valence-electron chi connectivity index (χ0n) is 14.6. The van der Waals surface area contributed by atoms with Crippen LogP contribution in [-0.4, -0.2) is 41.0 Å². The van der Waals surface area contributed by atoms with Gasteiger partial charge in [0, 0.05) is 18.4 Å². The summed E-state index contributed by atoms with van der Waals surface area (Å²) in [6, 6.07) is 9.99. The SMILES string of the molecule is O=C(Nc1ccc(N2OCC3CCCCN3C2=O)c(Cl)c1)c1ccccn1. The lowest BCUT2D eigenvalue weighted by Gasteiger charge is -2.43. The predicted molar refractivity (Wildman–Crippen MR) is 102 cm³/mol. The van der Waals surface area contributed by atoms with E-state index in [9.17, 15) is 9.59 Å². The summed E-state index contributed by atoms with van der Waals surface area (Å²) in [7, 11) is 0. The summed E-state index contributed by atoms with van der Waals surface area (Å²) in [5, 5.41) is 4.31. The van der Waals surface area contributed by atoms with Gasteiger partial charge in [-0.2, -0.15) is 5.06 Å². The van der Waals surface area contributed by atoms with Crippen molar-refractivity contribution in [3.8, 4) is 0 Å². The van der Waals surface area contributed by atoms with Crippen LogP contribution in [0.2, 0.25) is 5.02 Å². The summed E-state index contributed by atoms with van der Waals surface area (Å²) < 4.78 is 0. The van der Waals surface area contributed by atoms with E-state index in [1.165, 1.54) is 5.06 Å². The molecule has 1 unspecified atom stereocenters. The highest BCUT2D eigenvalue weighted by Crippen LogP contribution is 2.33. The maximum absolute atomic E-state index is 12.8. The molecular formula is C19H19ClN4O3. The molecular weight excluding hydrogens is 368 g/mol. The molecule has 1 atom stereocenters. The molecule has 8 heteroatoms. The molecule has 1 N–H and O–H groups in total. The van der Waals surface area contributed by atoms with E-state index in [0.717, 1.165) is 25.8 Å². The van der Waals surface area contributed by atoms with Crippen LogP contribution in [0, 0.1) is 0 Å². The Labute approximate surface area is 161 Å². The third-order valence-corrected chi connectivity index (χ3v) is 5.07. The number of benzene rings is 1. The molecule has 2 aliphatic heterocycles. The topological polar surface area (TPSA) is 74.8 Å². The Balaban J connectivity index is 1.50. The van der Waals surface area contributed by atoms with E-state index < -0.39 is 0 Å². The highest BCUT2D eigenvalue weighted by Gasteiger charge is 2.37. The third kappa shape index (κ3) is 3.61.